The van der Waals surface area contributed by atoms with Gasteiger partial charge in [0.15, 0.2) is 0 Å². The Morgan fingerprint density at radius 3 is 2.73 bits per heavy atom. The molecule has 0 aliphatic carbocycles. The van der Waals surface area contributed by atoms with E-state index in [-0.39, 0.29) is 11.8 Å². The first-order valence-electron chi connectivity index (χ1n) is 8.11. The fourth-order valence-corrected chi connectivity index (χ4v) is 3.31. The Hall–Kier alpha value is -2.68. The topological polar surface area (TPSA) is 95.5 Å². The summed E-state index contributed by atoms with van der Waals surface area (Å²) in [7, 11) is 0. The molecular weight excluding hydrogens is 354 g/mol. The first-order chi connectivity index (χ1) is 12.3. The number of nitro benzene ring substituents is 1. The van der Waals surface area contributed by atoms with Crippen molar-refractivity contribution in [2.75, 3.05) is 0 Å². The van der Waals surface area contributed by atoms with Gasteiger partial charge in [-0.2, -0.15) is 4.98 Å². The fraction of sp³-hybridized carbons (Fsp3) is 0.353. The maximum Gasteiger partial charge on any atom is 0.270 e. The van der Waals surface area contributed by atoms with Crippen LogP contribution < -0.4 is 4.74 Å². The van der Waals surface area contributed by atoms with Crippen molar-refractivity contribution < 1.29 is 9.66 Å². The lowest BCUT2D eigenvalue weighted by molar-refractivity contribution is -0.384. The molecule has 0 N–H and O–H groups in total. The summed E-state index contributed by atoms with van der Waals surface area (Å²) >= 11 is 1.39. The second kappa shape index (κ2) is 7.28. The third-order valence-electron chi connectivity index (χ3n) is 3.57. The summed E-state index contributed by atoms with van der Waals surface area (Å²) in [4.78, 5) is 19.5. The number of aromatic nitrogens is 4. The maximum atomic E-state index is 11.1. The number of aryl methyl sites for hydroxylation is 2. The fourth-order valence-electron chi connectivity index (χ4n) is 2.51. The van der Waals surface area contributed by atoms with E-state index in [1.165, 1.54) is 23.9 Å². The second-order valence-electron chi connectivity index (χ2n) is 6.15. The summed E-state index contributed by atoms with van der Waals surface area (Å²) in [5.41, 5.74) is 2.60. The number of rotatable bonds is 6. The van der Waals surface area contributed by atoms with Gasteiger partial charge >= 0.3 is 0 Å². The maximum absolute atomic E-state index is 11.1. The van der Waals surface area contributed by atoms with Gasteiger partial charge in [-0.05, 0) is 39.8 Å². The molecule has 0 bridgehead atoms. The molecule has 0 unspecified atom stereocenters. The molecule has 0 saturated carbocycles. The highest BCUT2D eigenvalue weighted by Crippen LogP contribution is 2.30. The Bertz CT molecular complexity index is 970. The minimum atomic E-state index is -0.410. The van der Waals surface area contributed by atoms with E-state index in [2.05, 4.69) is 15.1 Å². The van der Waals surface area contributed by atoms with Crippen LogP contribution in [0.1, 0.15) is 30.8 Å². The third kappa shape index (κ3) is 3.93. The van der Waals surface area contributed by atoms with Crippen LogP contribution in [0.25, 0.3) is 5.78 Å². The molecule has 2 aromatic heterocycles. The van der Waals surface area contributed by atoms with Gasteiger partial charge in [0.05, 0.1) is 11.0 Å². The lowest BCUT2D eigenvalue weighted by Gasteiger charge is -2.13. The number of hydrogen-bond donors (Lipinski definition) is 0. The van der Waals surface area contributed by atoms with Gasteiger partial charge < -0.3 is 4.74 Å². The first-order valence-corrected chi connectivity index (χ1v) is 9.10. The van der Waals surface area contributed by atoms with E-state index in [0.29, 0.717) is 22.4 Å². The molecule has 0 spiro atoms. The highest BCUT2D eigenvalue weighted by atomic mass is 32.2. The van der Waals surface area contributed by atoms with Gasteiger partial charge in [-0.25, -0.2) is 9.50 Å². The number of non-ortho nitro benzene ring substituents is 1. The van der Waals surface area contributed by atoms with Crippen molar-refractivity contribution in [1.29, 1.82) is 0 Å². The van der Waals surface area contributed by atoms with E-state index in [9.17, 15) is 10.1 Å². The molecule has 0 atom stereocenters. The SMILES string of the molecule is Cc1cc(C)n2nc(SCc3cc([N+](=O)[O-])ccc3OC(C)C)nc2n1. The summed E-state index contributed by atoms with van der Waals surface area (Å²) in [6, 6.07) is 6.56. The van der Waals surface area contributed by atoms with Crippen LogP contribution in [-0.4, -0.2) is 30.6 Å². The number of nitrogens with zero attached hydrogens (tertiary/aromatic N) is 5. The molecule has 0 amide bonds. The average molecular weight is 373 g/mol. The van der Waals surface area contributed by atoms with Crippen LogP contribution in [-0.2, 0) is 5.75 Å². The standard InChI is InChI=1S/C17H19N5O3S/c1-10(2)25-15-6-5-14(22(23)24)8-13(15)9-26-17-19-16-18-11(3)7-12(4)21(16)20-17/h5-8,10H,9H2,1-4H3. The molecule has 8 nitrogen and oxygen atoms in total. The van der Waals surface area contributed by atoms with E-state index in [4.69, 9.17) is 4.74 Å². The summed E-state index contributed by atoms with van der Waals surface area (Å²) in [5, 5.41) is 16.1. The minimum absolute atomic E-state index is 0.0247. The largest absolute Gasteiger partial charge is 0.491 e. The van der Waals surface area contributed by atoms with Gasteiger partial charge in [0.2, 0.25) is 5.16 Å². The monoisotopic (exact) mass is 373 g/mol. The van der Waals surface area contributed by atoms with E-state index in [1.54, 1.807) is 10.6 Å². The zero-order chi connectivity index (χ0) is 18.8. The van der Waals surface area contributed by atoms with Gasteiger partial charge in [-0.1, -0.05) is 11.8 Å². The van der Waals surface area contributed by atoms with Gasteiger partial charge in [0.25, 0.3) is 11.5 Å². The third-order valence-corrected chi connectivity index (χ3v) is 4.46. The van der Waals surface area contributed by atoms with Crippen molar-refractivity contribution in [2.45, 2.75) is 44.7 Å². The molecule has 3 rings (SSSR count). The summed E-state index contributed by atoms with van der Waals surface area (Å²) in [6.45, 7) is 7.69. The average Bonchev–Trinajstić information content (AvgIpc) is 2.96. The molecule has 26 heavy (non-hydrogen) atoms. The van der Waals surface area contributed by atoms with Crippen molar-refractivity contribution in [3.8, 4) is 5.75 Å². The van der Waals surface area contributed by atoms with Crippen LogP contribution in [0.3, 0.4) is 0 Å². The number of fused-ring (bicyclic) bond motifs is 1. The van der Waals surface area contributed by atoms with Crippen molar-refractivity contribution in [2.24, 2.45) is 0 Å². The Morgan fingerprint density at radius 1 is 1.27 bits per heavy atom. The van der Waals surface area contributed by atoms with E-state index in [1.807, 2.05) is 33.8 Å². The number of ether oxygens (including phenoxy) is 1. The molecule has 9 heteroatoms. The molecule has 0 radical (unpaired) electrons. The molecule has 3 aromatic rings. The van der Waals surface area contributed by atoms with Crippen LogP contribution in [0.15, 0.2) is 29.4 Å². The lowest BCUT2D eigenvalue weighted by Crippen LogP contribution is -2.07. The first kappa shape index (κ1) is 18.1. The summed E-state index contributed by atoms with van der Waals surface area (Å²) in [6.07, 6.45) is -0.0247. The van der Waals surface area contributed by atoms with Gasteiger partial charge in [-0.15, -0.1) is 5.10 Å². The van der Waals surface area contributed by atoms with E-state index >= 15 is 0 Å². The van der Waals surface area contributed by atoms with Crippen molar-refractivity contribution in [3.63, 3.8) is 0 Å². The van der Waals surface area contributed by atoms with Crippen molar-refractivity contribution in [3.05, 3.63) is 51.3 Å². The van der Waals surface area contributed by atoms with Crippen LogP contribution in [0, 0.1) is 24.0 Å². The van der Waals surface area contributed by atoms with Crippen molar-refractivity contribution >= 4 is 23.2 Å². The summed E-state index contributed by atoms with van der Waals surface area (Å²) < 4.78 is 7.46. The Morgan fingerprint density at radius 2 is 2.04 bits per heavy atom. The highest BCUT2D eigenvalue weighted by Gasteiger charge is 2.15. The predicted molar refractivity (Wildman–Crippen MR) is 98.7 cm³/mol. The minimum Gasteiger partial charge on any atom is -0.491 e. The smallest absolute Gasteiger partial charge is 0.270 e. The number of benzene rings is 1. The molecule has 1 aromatic carbocycles. The Balaban J connectivity index is 1.87. The van der Waals surface area contributed by atoms with Gasteiger partial charge in [0.1, 0.15) is 5.75 Å². The van der Waals surface area contributed by atoms with Crippen LogP contribution in [0.2, 0.25) is 0 Å². The number of thioether (sulfide) groups is 1. The summed E-state index contributed by atoms with van der Waals surface area (Å²) in [5.74, 6) is 1.63. The van der Waals surface area contributed by atoms with Gasteiger partial charge in [0, 0.05) is 34.8 Å². The zero-order valence-electron chi connectivity index (χ0n) is 15.0. The molecule has 136 valence electrons. The molecule has 0 fully saturated rings. The highest BCUT2D eigenvalue weighted by molar-refractivity contribution is 7.98. The Labute approximate surface area is 154 Å². The van der Waals surface area contributed by atoms with Crippen molar-refractivity contribution in [1.82, 2.24) is 19.6 Å². The molecule has 0 aliphatic rings. The molecule has 0 saturated heterocycles. The second-order valence-corrected chi connectivity index (χ2v) is 7.09. The number of nitro groups is 1. The Kier molecular flexibility index (Phi) is 5.08. The normalized spacial score (nSPS) is 11.3. The van der Waals surface area contributed by atoms with Crippen LogP contribution in [0.4, 0.5) is 5.69 Å². The number of hydrogen-bond acceptors (Lipinski definition) is 7. The zero-order valence-corrected chi connectivity index (χ0v) is 15.8. The van der Waals surface area contributed by atoms with E-state index in [0.717, 1.165) is 17.0 Å². The molecular formula is C17H19N5O3S. The predicted octanol–water partition coefficient (Wildman–Crippen LogP) is 3.73. The van der Waals surface area contributed by atoms with Gasteiger partial charge in [-0.3, -0.25) is 10.1 Å². The van der Waals surface area contributed by atoms with Crippen LogP contribution in [0.5, 0.6) is 5.75 Å². The molecule has 2 heterocycles. The van der Waals surface area contributed by atoms with Crippen LogP contribution >= 0.6 is 11.8 Å². The lowest BCUT2D eigenvalue weighted by atomic mass is 10.2. The molecule has 0 aliphatic heterocycles. The van der Waals surface area contributed by atoms with E-state index < -0.39 is 4.92 Å². The quantitative estimate of drug-likeness (QED) is 0.369.